The Balaban J connectivity index is 2.59. The van der Waals surface area contributed by atoms with Gasteiger partial charge in [-0.05, 0) is 37.5 Å². The number of nitrogens with one attached hydrogen (secondary N) is 1. The normalized spacial score (nSPS) is 15.7. The molecule has 0 amide bonds. The highest BCUT2D eigenvalue weighted by Gasteiger charge is 2.18. The quantitative estimate of drug-likeness (QED) is 0.650. The Labute approximate surface area is 121 Å². The third kappa shape index (κ3) is 5.12. The fourth-order valence-corrected chi connectivity index (χ4v) is 2.03. The number of aliphatic hydroxyl groups is 2. The van der Waals surface area contributed by atoms with Crippen LogP contribution in [0.15, 0.2) is 24.3 Å². The lowest BCUT2D eigenvalue weighted by Gasteiger charge is -2.25. The Kier molecular flexibility index (Phi) is 7.59. The predicted octanol–water partition coefficient (Wildman–Crippen LogP) is 2.26. The van der Waals surface area contributed by atoms with Crippen molar-refractivity contribution in [3.8, 4) is 5.75 Å². The van der Waals surface area contributed by atoms with Gasteiger partial charge in [0.25, 0.3) is 0 Å². The summed E-state index contributed by atoms with van der Waals surface area (Å²) >= 11 is 0. The van der Waals surface area contributed by atoms with Crippen molar-refractivity contribution in [2.75, 3.05) is 13.2 Å². The molecule has 0 spiro atoms. The second-order valence-corrected chi connectivity index (χ2v) is 5.11. The van der Waals surface area contributed by atoms with Crippen molar-refractivity contribution in [2.45, 2.75) is 51.8 Å². The molecule has 1 aromatic rings. The van der Waals surface area contributed by atoms with Crippen LogP contribution in [-0.2, 0) is 0 Å². The first kappa shape index (κ1) is 17.0. The maximum Gasteiger partial charge on any atom is 0.119 e. The first-order chi connectivity index (χ1) is 9.62. The topological polar surface area (TPSA) is 61.7 Å². The average molecular weight is 281 g/mol. The van der Waals surface area contributed by atoms with Crippen LogP contribution in [-0.4, -0.2) is 35.5 Å². The molecule has 114 valence electrons. The lowest BCUT2D eigenvalue weighted by Crippen LogP contribution is -2.41. The van der Waals surface area contributed by atoms with Crippen molar-refractivity contribution in [3.63, 3.8) is 0 Å². The molecule has 0 fully saturated rings. The minimum Gasteiger partial charge on any atom is -0.494 e. The molecule has 3 N–H and O–H groups in total. The van der Waals surface area contributed by atoms with E-state index in [0.717, 1.165) is 24.2 Å². The highest BCUT2D eigenvalue weighted by molar-refractivity contribution is 5.29. The summed E-state index contributed by atoms with van der Waals surface area (Å²) in [5, 5.41) is 22.7. The summed E-state index contributed by atoms with van der Waals surface area (Å²) in [6.07, 6.45) is 1.21. The standard InChI is InChI=1S/C16H27NO3/c1-4-10-20-15-8-6-13(7-9-15)16(19)12(3)17-14(5-2)11-18/h6-9,12,14,16-19H,4-5,10-11H2,1-3H3. The Bertz CT molecular complexity index is 362. The summed E-state index contributed by atoms with van der Waals surface area (Å²) in [5.41, 5.74) is 0.849. The van der Waals surface area contributed by atoms with Gasteiger partial charge in [0.05, 0.1) is 19.3 Å². The van der Waals surface area contributed by atoms with Crippen LogP contribution in [0.5, 0.6) is 5.75 Å². The van der Waals surface area contributed by atoms with Crippen LogP contribution in [0.2, 0.25) is 0 Å². The minimum absolute atomic E-state index is 0.0202. The lowest BCUT2D eigenvalue weighted by atomic mass is 10.0. The van der Waals surface area contributed by atoms with Crippen molar-refractivity contribution in [2.24, 2.45) is 0 Å². The zero-order valence-electron chi connectivity index (χ0n) is 12.7. The number of hydrogen-bond acceptors (Lipinski definition) is 4. The third-order valence-corrected chi connectivity index (χ3v) is 3.38. The molecule has 1 aromatic carbocycles. The van der Waals surface area contributed by atoms with E-state index in [1.807, 2.05) is 38.1 Å². The molecule has 0 heterocycles. The van der Waals surface area contributed by atoms with E-state index >= 15 is 0 Å². The van der Waals surface area contributed by atoms with E-state index in [0.29, 0.717) is 6.61 Å². The van der Waals surface area contributed by atoms with Crippen molar-refractivity contribution >= 4 is 0 Å². The second-order valence-electron chi connectivity index (χ2n) is 5.11. The molecule has 4 nitrogen and oxygen atoms in total. The molecule has 0 aliphatic carbocycles. The van der Waals surface area contributed by atoms with E-state index in [1.54, 1.807) is 0 Å². The monoisotopic (exact) mass is 281 g/mol. The van der Waals surface area contributed by atoms with Gasteiger partial charge in [0.2, 0.25) is 0 Å². The Morgan fingerprint density at radius 2 is 1.85 bits per heavy atom. The van der Waals surface area contributed by atoms with Gasteiger partial charge in [-0.1, -0.05) is 26.0 Å². The largest absolute Gasteiger partial charge is 0.494 e. The van der Waals surface area contributed by atoms with Gasteiger partial charge in [0.15, 0.2) is 0 Å². The van der Waals surface area contributed by atoms with Crippen LogP contribution in [0.4, 0.5) is 0 Å². The zero-order chi connectivity index (χ0) is 15.0. The smallest absolute Gasteiger partial charge is 0.119 e. The van der Waals surface area contributed by atoms with Crippen LogP contribution in [0.25, 0.3) is 0 Å². The number of benzene rings is 1. The van der Waals surface area contributed by atoms with E-state index in [-0.39, 0.29) is 18.7 Å². The van der Waals surface area contributed by atoms with Gasteiger partial charge in [-0.25, -0.2) is 0 Å². The number of rotatable bonds is 9. The van der Waals surface area contributed by atoms with Crippen molar-refractivity contribution in [1.29, 1.82) is 0 Å². The summed E-state index contributed by atoms with van der Waals surface area (Å²) in [5.74, 6) is 0.824. The van der Waals surface area contributed by atoms with E-state index in [4.69, 9.17) is 4.74 Å². The molecule has 20 heavy (non-hydrogen) atoms. The summed E-state index contributed by atoms with van der Waals surface area (Å²) in [6, 6.07) is 7.43. The third-order valence-electron chi connectivity index (χ3n) is 3.38. The van der Waals surface area contributed by atoms with Gasteiger partial charge in [0.1, 0.15) is 5.75 Å². The van der Waals surface area contributed by atoms with Gasteiger partial charge in [-0.3, -0.25) is 0 Å². The predicted molar refractivity (Wildman–Crippen MR) is 81.0 cm³/mol. The maximum absolute atomic E-state index is 10.3. The molecule has 0 aromatic heterocycles. The lowest BCUT2D eigenvalue weighted by molar-refractivity contribution is 0.118. The summed E-state index contributed by atoms with van der Waals surface area (Å²) in [4.78, 5) is 0. The minimum atomic E-state index is -0.601. The van der Waals surface area contributed by atoms with E-state index in [2.05, 4.69) is 12.2 Å². The molecule has 1 rings (SSSR count). The molecule has 0 bridgehead atoms. The highest BCUT2D eigenvalue weighted by Crippen LogP contribution is 2.21. The summed E-state index contributed by atoms with van der Waals surface area (Å²) in [6.45, 7) is 6.78. The van der Waals surface area contributed by atoms with Gasteiger partial charge >= 0.3 is 0 Å². The maximum atomic E-state index is 10.3. The molecule has 4 heteroatoms. The fourth-order valence-electron chi connectivity index (χ4n) is 2.03. The molecule has 3 unspecified atom stereocenters. The number of ether oxygens (including phenoxy) is 1. The van der Waals surface area contributed by atoms with Gasteiger partial charge in [-0.15, -0.1) is 0 Å². The van der Waals surface area contributed by atoms with Crippen LogP contribution >= 0.6 is 0 Å². The molecule has 0 saturated carbocycles. The fraction of sp³-hybridized carbons (Fsp3) is 0.625. The molecule has 0 aliphatic rings. The van der Waals surface area contributed by atoms with Crippen LogP contribution < -0.4 is 10.1 Å². The zero-order valence-corrected chi connectivity index (χ0v) is 12.7. The Morgan fingerprint density at radius 3 is 2.35 bits per heavy atom. The average Bonchev–Trinajstić information content (AvgIpc) is 2.50. The molecule has 3 atom stereocenters. The van der Waals surface area contributed by atoms with Gasteiger partial charge < -0.3 is 20.3 Å². The summed E-state index contributed by atoms with van der Waals surface area (Å²) in [7, 11) is 0. The van der Waals surface area contributed by atoms with E-state index < -0.39 is 6.10 Å². The summed E-state index contributed by atoms with van der Waals surface area (Å²) < 4.78 is 5.52. The Hall–Kier alpha value is -1.10. The first-order valence-corrected chi connectivity index (χ1v) is 7.40. The molecular weight excluding hydrogens is 254 g/mol. The number of hydrogen-bond donors (Lipinski definition) is 3. The Morgan fingerprint density at radius 1 is 1.20 bits per heavy atom. The van der Waals surface area contributed by atoms with Crippen LogP contribution in [0.3, 0.4) is 0 Å². The molecular formula is C16H27NO3. The first-order valence-electron chi connectivity index (χ1n) is 7.40. The molecule has 0 aliphatic heterocycles. The van der Waals surface area contributed by atoms with Crippen molar-refractivity contribution in [3.05, 3.63) is 29.8 Å². The van der Waals surface area contributed by atoms with Crippen LogP contribution in [0.1, 0.15) is 45.3 Å². The van der Waals surface area contributed by atoms with Crippen LogP contribution in [0, 0.1) is 0 Å². The SMILES string of the molecule is CCCOc1ccc(C(O)C(C)NC(CC)CO)cc1. The second kappa shape index (κ2) is 8.95. The van der Waals surface area contributed by atoms with E-state index in [1.165, 1.54) is 0 Å². The molecule has 0 saturated heterocycles. The van der Waals surface area contributed by atoms with Gasteiger partial charge in [0, 0.05) is 12.1 Å². The molecule has 0 radical (unpaired) electrons. The number of aliphatic hydroxyl groups excluding tert-OH is 2. The van der Waals surface area contributed by atoms with Gasteiger partial charge in [-0.2, -0.15) is 0 Å². The highest BCUT2D eigenvalue weighted by atomic mass is 16.5. The van der Waals surface area contributed by atoms with E-state index in [9.17, 15) is 10.2 Å². The van der Waals surface area contributed by atoms with Crippen molar-refractivity contribution < 1.29 is 14.9 Å². The van der Waals surface area contributed by atoms with Crippen molar-refractivity contribution in [1.82, 2.24) is 5.32 Å².